The molecule has 0 aromatic heterocycles. The summed E-state index contributed by atoms with van der Waals surface area (Å²) in [5.41, 5.74) is 6.89. The van der Waals surface area contributed by atoms with Crippen LogP contribution in [-0.2, 0) is 6.54 Å². The first-order valence-corrected chi connectivity index (χ1v) is 7.98. The van der Waals surface area contributed by atoms with Crippen LogP contribution in [0.3, 0.4) is 0 Å². The number of hydrogen-bond donors (Lipinski definition) is 2. The highest BCUT2D eigenvalue weighted by Crippen LogP contribution is 2.30. The molecule has 1 aromatic carbocycles. The molecule has 0 spiro atoms. The van der Waals surface area contributed by atoms with Crippen LogP contribution in [0.15, 0.2) is 23.2 Å². The molecule has 2 rings (SSSR count). The predicted molar refractivity (Wildman–Crippen MR) is 89.5 cm³/mol. The van der Waals surface area contributed by atoms with Crippen LogP contribution >= 0.6 is 0 Å². The predicted octanol–water partition coefficient (Wildman–Crippen LogP) is 2.83. The van der Waals surface area contributed by atoms with E-state index in [2.05, 4.69) is 10.3 Å². The zero-order valence-electron chi connectivity index (χ0n) is 13.8. The maximum absolute atomic E-state index is 6.15. The summed E-state index contributed by atoms with van der Waals surface area (Å²) in [5.74, 6) is 2.11. The quantitative estimate of drug-likeness (QED) is 0.626. The maximum atomic E-state index is 6.15. The fraction of sp³-hybridized carbons (Fsp3) is 0.588. The average Bonchev–Trinajstić information content (AvgIpc) is 2.98. The van der Waals surface area contributed by atoms with Crippen LogP contribution in [0.2, 0.25) is 0 Å². The van der Waals surface area contributed by atoms with Crippen LogP contribution in [0.5, 0.6) is 11.5 Å². The Morgan fingerprint density at radius 1 is 1.36 bits per heavy atom. The fourth-order valence-electron chi connectivity index (χ4n) is 2.60. The Bertz CT molecular complexity index is 509. The number of ether oxygens (including phenoxy) is 2. The molecule has 0 unspecified atom stereocenters. The van der Waals surface area contributed by atoms with E-state index in [0.717, 1.165) is 29.9 Å². The molecule has 1 fully saturated rings. The van der Waals surface area contributed by atoms with Crippen molar-refractivity contribution in [3.05, 3.63) is 23.8 Å². The highest BCUT2D eigenvalue weighted by molar-refractivity contribution is 5.78. The number of nitrogens with zero attached hydrogens (tertiary/aromatic N) is 1. The van der Waals surface area contributed by atoms with Gasteiger partial charge >= 0.3 is 0 Å². The van der Waals surface area contributed by atoms with E-state index in [9.17, 15) is 0 Å². The number of aliphatic imine (C=N–C) groups is 1. The number of guanidine groups is 1. The molecule has 22 heavy (non-hydrogen) atoms. The first kappa shape index (κ1) is 16.5. The van der Waals surface area contributed by atoms with Gasteiger partial charge in [-0.15, -0.1) is 0 Å². The van der Waals surface area contributed by atoms with Crippen LogP contribution in [0.4, 0.5) is 0 Å². The Hall–Kier alpha value is -1.91. The van der Waals surface area contributed by atoms with Gasteiger partial charge in [-0.2, -0.15) is 0 Å². The van der Waals surface area contributed by atoms with E-state index in [1.807, 2.05) is 32.0 Å². The monoisotopic (exact) mass is 305 g/mol. The molecule has 0 bridgehead atoms. The molecular weight excluding hydrogens is 278 g/mol. The van der Waals surface area contributed by atoms with E-state index in [4.69, 9.17) is 15.2 Å². The minimum absolute atomic E-state index is 0.272. The maximum Gasteiger partial charge on any atom is 0.189 e. The first-order chi connectivity index (χ1) is 10.6. The standard InChI is InChI=1S/C17H27N3O2/c1-12(2)20-17(18)19-11-13-8-9-15(21-3)10-16(13)22-14-6-4-5-7-14/h8-10,12,14H,4-7,11H2,1-3H3,(H3,18,19,20). The van der Waals surface area contributed by atoms with E-state index in [0.29, 0.717) is 18.6 Å². The summed E-state index contributed by atoms with van der Waals surface area (Å²) in [6.07, 6.45) is 5.04. The van der Waals surface area contributed by atoms with Crippen molar-refractivity contribution >= 4 is 5.96 Å². The summed E-state index contributed by atoms with van der Waals surface area (Å²) in [7, 11) is 1.66. The van der Waals surface area contributed by atoms with Gasteiger partial charge in [0, 0.05) is 17.7 Å². The van der Waals surface area contributed by atoms with E-state index in [1.165, 1.54) is 12.8 Å². The highest BCUT2D eigenvalue weighted by atomic mass is 16.5. The second kappa shape index (κ2) is 7.92. The van der Waals surface area contributed by atoms with Gasteiger partial charge in [-0.1, -0.05) is 0 Å². The first-order valence-electron chi connectivity index (χ1n) is 7.98. The number of methoxy groups -OCH3 is 1. The van der Waals surface area contributed by atoms with E-state index >= 15 is 0 Å². The Labute approximate surface area is 132 Å². The molecule has 0 atom stereocenters. The van der Waals surface area contributed by atoms with E-state index in [1.54, 1.807) is 7.11 Å². The Balaban J connectivity index is 2.11. The van der Waals surface area contributed by atoms with Gasteiger partial charge in [-0.25, -0.2) is 4.99 Å². The third-order valence-electron chi connectivity index (χ3n) is 3.73. The topological polar surface area (TPSA) is 68.9 Å². The third kappa shape index (κ3) is 4.83. The third-order valence-corrected chi connectivity index (χ3v) is 3.73. The van der Waals surface area contributed by atoms with Crippen LogP contribution in [0.1, 0.15) is 45.1 Å². The molecule has 0 amide bonds. The van der Waals surface area contributed by atoms with Crippen LogP contribution < -0.4 is 20.5 Å². The van der Waals surface area contributed by atoms with Gasteiger partial charge < -0.3 is 20.5 Å². The van der Waals surface area contributed by atoms with Crippen molar-refractivity contribution in [1.82, 2.24) is 5.32 Å². The van der Waals surface area contributed by atoms with Crippen molar-refractivity contribution in [2.45, 2.75) is 58.2 Å². The molecule has 0 saturated heterocycles. The van der Waals surface area contributed by atoms with E-state index < -0.39 is 0 Å². The number of hydrogen-bond acceptors (Lipinski definition) is 3. The number of benzene rings is 1. The van der Waals surface area contributed by atoms with Gasteiger partial charge in [-0.05, 0) is 51.7 Å². The minimum atomic E-state index is 0.272. The summed E-state index contributed by atoms with van der Waals surface area (Å²) in [6.45, 7) is 4.56. The minimum Gasteiger partial charge on any atom is -0.497 e. The molecule has 5 nitrogen and oxygen atoms in total. The lowest BCUT2D eigenvalue weighted by Gasteiger charge is -2.17. The molecule has 0 aliphatic heterocycles. The van der Waals surface area contributed by atoms with Crippen molar-refractivity contribution < 1.29 is 9.47 Å². The molecule has 1 saturated carbocycles. The van der Waals surface area contributed by atoms with Gasteiger partial charge in [0.2, 0.25) is 0 Å². The van der Waals surface area contributed by atoms with Crippen molar-refractivity contribution in [1.29, 1.82) is 0 Å². The molecule has 1 aromatic rings. The largest absolute Gasteiger partial charge is 0.497 e. The second-order valence-electron chi connectivity index (χ2n) is 6.00. The molecule has 1 aliphatic carbocycles. The summed E-state index contributed by atoms with van der Waals surface area (Å²) >= 11 is 0. The van der Waals surface area contributed by atoms with Crippen molar-refractivity contribution in [2.75, 3.05) is 7.11 Å². The SMILES string of the molecule is COc1ccc(CN=C(N)NC(C)C)c(OC2CCCC2)c1. The second-order valence-corrected chi connectivity index (χ2v) is 6.00. The zero-order chi connectivity index (χ0) is 15.9. The Kier molecular flexibility index (Phi) is 5.92. The van der Waals surface area contributed by atoms with Crippen molar-refractivity contribution in [3.63, 3.8) is 0 Å². The van der Waals surface area contributed by atoms with Crippen LogP contribution in [0.25, 0.3) is 0 Å². The normalized spacial score (nSPS) is 16.1. The molecule has 0 radical (unpaired) electrons. The molecule has 1 aliphatic rings. The summed E-state index contributed by atoms with van der Waals surface area (Å²) in [6, 6.07) is 6.14. The van der Waals surface area contributed by atoms with Gasteiger partial charge in [-0.3, -0.25) is 0 Å². The van der Waals surface area contributed by atoms with Gasteiger partial charge in [0.15, 0.2) is 5.96 Å². The molecule has 5 heteroatoms. The van der Waals surface area contributed by atoms with Gasteiger partial charge in [0.05, 0.1) is 19.8 Å². The number of nitrogens with two attached hydrogens (primary N) is 1. The summed E-state index contributed by atoms with van der Waals surface area (Å²) in [5, 5.41) is 3.09. The van der Waals surface area contributed by atoms with E-state index in [-0.39, 0.29) is 6.04 Å². The lowest BCUT2D eigenvalue weighted by Crippen LogP contribution is -2.36. The Morgan fingerprint density at radius 2 is 2.09 bits per heavy atom. The zero-order valence-corrected chi connectivity index (χ0v) is 13.8. The molecular formula is C17H27N3O2. The van der Waals surface area contributed by atoms with Crippen molar-refractivity contribution in [3.8, 4) is 11.5 Å². The van der Waals surface area contributed by atoms with Gasteiger partial charge in [0.1, 0.15) is 11.5 Å². The lowest BCUT2D eigenvalue weighted by atomic mass is 10.2. The highest BCUT2D eigenvalue weighted by Gasteiger charge is 2.18. The van der Waals surface area contributed by atoms with Crippen LogP contribution in [-0.4, -0.2) is 25.2 Å². The average molecular weight is 305 g/mol. The van der Waals surface area contributed by atoms with Gasteiger partial charge in [0.25, 0.3) is 0 Å². The summed E-state index contributed by atoms with van der Waals surface area (Å²) in [4.78, 5) is 4.39. The molecule has 122 valence electrons. The number of nitrogens with one attached hydrogen (secondary N) is 1. The number of rotatable bonds is 6. The summed E-state index contributed by atoms with van der Waals surface area (Å²) < 4.78 is 11.5. The molecule has 0 heterocycles. The van der Waals surface area contributed by atoms with Crippen LogP contribution in [0, 0.1) is 0 Å². The fourth-order valence-corrected chi connectivity index (χ4v) is 2.60. The Morgan fingerprint density at radius 3 is 2.73 bits per heavy atom. The van der Waals surface area contributed by atoms with Crippen molar-refractivity contribution in [2.24, 2.45) is 10.7 Å². The smallest absolute Gasteiger partial charge is 0.189 e. The molecule has 3 N–H and O–H groups in total. The lowest BCUT2D eigenvalue weighted by molar-refractivity contribution is 0.207.